The Bertz CT molecular complexity index is 798. The van der Waals surface area contributed by atoms with Crippen molar-refractivity contribution in [2.24, 2.45) is 10.7 Å². The van der Waals surface area contributed by atoms with Crippen LogP contribution in [0.5, 0.6) is 0 Å². The number of hydrogen-bond acceptors (Lipinski definition) is 5. The summed E-state index contributed by atoms with van der Waals surface area (Å²) in [5.74, 6) is 0.822. The fourth-order valence-corrected chi connectivity index (χ4v) is 4.51. The summed E-state index contributed by atoms with van der Waals surface area (Å²) in [4.78, 5) is 6.70. The number of benzene rings is 1. The van der Waals surface area contributed by atoms with Gasteiger partial charge >= 0.3 is 0 Å². The Morgan fingerprint density at radius 1 is 1.27 bits per heavy atom. The third-order valence-electron chi connectivity index (χ3n) is 6.44. The second-order valence-electron chi connectivity index (χ2n) is 8.56. The van der Waals surface area contributed by atoms with E-state index in [1.54, 1.807) is 7.05 Å². The van der Waals surface area contributed by atoms with E-state index in [2.05, 4.69) is 22.9 Å². The van der Waals surface area contributed by atoms with Crippen LogP contribution in [-0.2, 0) is 11.2 Å². The maximum absolute atomic E-state index is 8.63. The van der Waals surface area contributed by atoms with Gasteiger partial charge in [0.15, 0.2) is 0 Å². The lowest BCUT2D eigenvalue weighted by Crippen LogP contribution is -2.46. The average molecular weight is 412 g/mol. The van der Waals surface area contributed by atoms with Crippen LogP contribution >= 0.6 is 0 Å². The van der Waals surface area contributed by atoms with Gasteiger partial charge in [-0.25, -0.2) is 0 Å². The SMILES string of the molecule is CCCCCc1ccc(N)c(C(=N)C(N)=CC(=NC)N2CCC3(CCCO3)CC2)c1. The van der Waals surface area contributed by atoms with Crippen molar-refractivity contribution in [1.82, 2.24) is 4.90 Å². The van der Waals surface area contributed by atoms with Crippen molar-refractivity contribution >= 4 is 17.2 Å². The van der Waals surface area contributed by atoms with E-state index < -0.39 is 0 Å². The minimum absolute atomic E-state index is 0.0734. The maximum atomic E-state index is 8.63. The predicted octanol–water partition coefficient (Wildman–Crippen LogP) is 3.89. The van der Waals surface area contributed by atoms with Crippen LogP contribution in [0.3, 0.4) is 0 Å². The normalized spacial score (nSPS) is 19.5. The predicted molar refractivity (Wildman–Crippen MR) is 125 cm³/mol. The van der Waals surface area contributed by atoms with E-state index >= 15 is 0 Å². The van der Waals surface area contributed by atoms with Gasteiger partial charge in [-0.05, 0) is 56.2 Å². The Morgan fingerprint density at radius 2 is 2.03 bits per heavy atom. The highest BCUT2D eigenvalue weighted by Crippen LogP contribution is 2.35. The zero-order valence-corrected chi connectivity index (χ0v) is 18.5. The molecule has 1 aromatic carbocycles. The lowest BCUT2D eigenvalue weighted by Gasteiger charge is -2.39. The van der Waals surface area contributed by atoms with Gasteiger partial charge in [-0.3, -0.25) is 10.4 Å². The van der Waals surface area contributed by atoms with Crippen molar-refractivity contribution < 1.29 is 4.74 Å². The molecule has 5 N–H and O–H groups in total. The van der Waals surface area contributed by atoms with Gasteiger partial charge in [0.05, 0.1) is 17.0 Å². The first-order valence-corrected chi connectivity index (χ1v) is 11.3. The number of anilines is 1. The number of likely N-dealkylation sites (tertiary alicyclic amines) is 1. The second-order valence-corrected chi connectivity index (χ2v) is 8.56. The number of nitrogens with two attached hydrogens (primary N) is 2. The molecular weight excluding hydrogens is 374 g/mol. The summed E-state index contributed by atoms with van der Waals surface area (Å²) < 4.78 is 6.03. The van der Waals surface area contributed by atoms with Crippen LogP contribution in [0.4, 0.5) is 5.69 Å². The molecule has 1 spiro atoms. The summed E-state index contributed by atoms with van der Waals surface area (Å²) in [5.41, 5.74) is 15.7. The first-order valence-electron chi connectivity index (χ1n) is 11.3. The largest absolute Gasteiger partial charge is 0.398 e. The Labute approximate surface area is 180 Å². The molecular formula is C24H37N5O. The van der Waals surface area contributed by atoms with E-state index in [4.69, 9.17) is 21.6 Å². The summed E-state index contributed by atoms with van der Waals surface area (Å²) in [6.45, 7) is 4.89. The Balaban J connectivity index is 1.69. The van der Waals surface area contributed by atoms with Crippen LogP contribution in [0.15, 0.2) is 35.0 Å². The van der Waals surface area contributed by atoms with E-state index in [1.165, 1.54) is 18.4 Å². The highest BCUT2D eigenvalue weighted by molar-refractivity contribution is 6.15. The number of allylic oxidation sites excluding steroid dienone is 1. The van der Waals surface area contributed by atoms with Crippen LogP contribution < -0.4 is 11.5 Å². The van der Waals surface area contributed by atoms with Gasteiger partial charge in [-0.1, -0.05) is 25.8 Å². The monoisotopic (exact) mass is 411 g/mol. The van der Waals surface area contributed by atoms with Crippen LogP contribution in [-0.4, -0.2) is 48.8 Å². The molecule has 164 valence electrons. The molecule has 0 atom stereocenters. The van der Waals surface area contributed by atoms with Crippen molar-refractivity contribution in [2.45, 2.75) is 63.9 Å². The zero-order chi connectivity index (χ0) is 21.6. The average Bonchev–Trinajstić information content (AvgIpc) is 3.21. The number of amidine groups is 1. The second kappa shape index (κ2) is 10.1. The molecule has 2 saturated heterocycles. The molecule has 0 saturated carbocycles. The molecule has 2 aliphatic rings. The van der Waals surface area contributed by atoms with Crippen LogP contribution in [0, 0.1) is 5.41 Å². The summed E-state index contributed by atoms with van der Waals surface area (Å²) in [6.07, 6.45) is 10.7. The smallest absolute Gasteiger partial charge is 0.125 e. The standard InChI is InChI=1S/C24H37N5O/c1-3-4-5-7-18-8-9-20(25)19(16-18)23(27)21(26)17-22(28-2)29-13-11-24(12-14-29)10-6-15-30-24/h8-9,16-17,27H,3-7,10-15,25-26H2,1-2H3. The van der Waals surface area contributed by atoms with E-state index in [1.807, 2.05) is 18.2 Å². The van der Waals surface area contributed by atoms with E-state index in [-0.39, 0.29) is 11.3 Å². The van der Waals surface area contributed by atoms with Crippen molar-refractivity contribution in [3.05, 3.63) is 41.1 Å². The first kappa shape index (κ1) is 22.3. The van der Waals surface area contributed by atoms with Gasteiger partial charge in [-0.15, -0.1) is 0 Å². The van der Waals surface area contributed by atoms with Gasteiger partial charge in [0.1, 0.15) is 5.84 Å². The number of nitrogens with zero attached hydrogens (tertiary/aromatic N) is 2. The van der Waals surface area contributed by atoms with Gasteiger partial charge in [0.25, 0.3) is 0 Å². The molecule has 0 unspecified atom stereocenters. The molecule has 2 fully saturated rings. The van der Waals surface area contributed by atoms with E-state index in [0.717, 1.165) is 64.1 Å². The minimum atomic E-state index is 0.0734. The van der Waals surface area contributed by atoms with Gasteiger partial charge in [0.2, 0.25) is 0 Å². The number of piperidine rings is 1. The van der Waals surface area contributed by atoms with Gasteiger partial charge < -0.3 is 21.1 Å². The van der Waals surface area contributed by atoms with Crippen molar-refractivity contribution in [2.75, 3.05) is 32.5 Å². The summed E-state index contributed by atoms with van der Waals surface area (Å²) in [5, 5.41) is 8.63. The number of unbranched alkanes of at least 4 members (excludes halogenated alkanes) is 2. The number of aliphatic imine (C=N–C) groups is 1. The Kier molecular flexibility index (Phi) is 7.53. The zero-order valence-electron chi connectivity index (χ0n) is 18.5. The topological polar surface area (TPSA) is 101 Å². The van der Waals surface area contributed by atoms with Gasteiger partial charge in [0, 0.05) is 44.1 Å². The first-order chi connectivity index (χ1) is 14.5. The molecule has 0 radical (unpaired) electrons. The molecule has 30 heavy (non-hydrogen) atoms. The lowest BCUT2D eigenvalue weighted by molar-refractivity contribution is -0.0327. The molecule has 0 aromatic heterocycles. The quantitative estimate of drug-likeness (QED) is 0.274. The van der Waals surface area contributed by atoms with Crippen LogP contribution in [0.25, 0.3) is 0 Å². The number of ether oxygens (including phenoxy) is 1. The summed E-state index contributed by atoms with van der Waals surface area (Å²) >= 11 is 0. The highest BCUT2D eigenvalue weighted by atomic mass is 16.5. The van der Waals surface area contributed by atoms with Crippen LogP contribution in [0.1, 0.15) is 63.0 Å². The molecule has 0 aliphatic carbocycles. The molecule has 0 bridgehead atoms. The molecule has 2 aliphatic heterocycles. The number of hydrogen-bond donors (Lipinski definition) is 3. The minimum Gasteiger partial charge on any atom is -0.398 e. The van der Waals surface area contributed by atoms with E-state index in [9.17, 15) is 0 Å². The number of nitrogens with one attached hydrogen (secondary N) is 1. The molecule has 1 aromatic rings. The Morgan fingerprint density at radius 3 is 2.67 bits per heavy atom. The highest BCUT2D eigenvalue weighted by Gasteiger charge is 2.38. The molecule has 3 rings (SSSR count). The molecule has 2 heterocycles. The number of nitrogen functional groups attached to an aromatic ring is 1. The Hall–Kier alpha value is -2.34. The maximum Gasteiger partial charge on any atom is 0.125 e. The lowest BCUT2D eigenvalue weighted by atomic mass is 9.88. The third kappa shape index (κ3) is 5.22. The van der Waals surface area contributed by atoms with E-state index in [0.29, 0.717) is 16.9 Å². The molecule has 0 amide bonds. The van der Waals surface area contributed by atoms with Crippen molar-refractivity contribution in [3.8, 4) is 0 Å². The fraction of sp³-hybridized carbons (Fsp3) is 0.583. The van der Waals surface area contributed by atoms with Crippen molar-refractivity contribution in [3.63, 3.8) is 0 Å². The number of rotatable bonds is 7. The van der Waals surface area contributed by atoms with Gasteiger partial charge in [-0.2, -0.15) is 0 Å². The molecule has 6 nitrogen and oxygen atoms in total. The summed E-state index contributed by atoms with van der Waals surface area (Å²) in [6, 6.07) is 5.95. The molecule has 6 heteroatoms. The third-order valence-corrected chi connectivity index (χ3v) is 6.44. The fourth-order valence-electron chi connectivity index (χ4n) is 4.51. The van der Waals surface area contributed by atoms with Crippen molar-refractivity contribution in [1.29, 1.82) is 5.41 Å². The summed E-state index contributed by atoms with van der Waals surface area (Å²) in [7, 11) is 1.78. The number of aryl methyl sites for hydroxylation is 1. The van der Waals surface area contributed by atoms with Crippen LogP contribution in [0.2, 0.25) is 0 Å².